The fraction of sp³-hybridized carbons (Fsp3) is 0.381. The number of aryl methyl sites for hydroxylation is 1. The maximum atomic E-state index is 12.8. The molecule has 0 saturated heterocycles. The molecule has 27 heavy (non-hydrogen) atoms. The van der Waals surface area contributed by atoms with E-state index in [1.807, 2.05) is 63.2 Å². The van der Waals surface area contributed by atoms with E-state index in [4.69, 9.17) is 5.73 Å². The van der Waals surface area contributed by atoms with Crippen LogP contribution in [0, 0.1) is 12.8 Å². The van der Waals surface area contributed by atoms with E-state index in [1.165, 1.54) is 0 Å². The highest BCUT2D eigenvalue weighted by Crippen LogP contribution is 2.11. The molecular formula is C21H28N4O2. The zero-order valence-electron chi connectivity index (χ0n) is 16.2. The topological polar surface area (TPSA) is 88.3 Å². The molecule has 6 nitrogen and oxygen atoms in total. The molecule has 2 rings (SSSR count). The number of hydrogen-bond donors (Lipinski definition) is 2. The fourth-order valence-electron chi connectivity index (χ4n) is 2.65. The smallest absolute Gasteiger partial charge is 0.242 e. The van der Waals surface area contributed by atoms with Crippen LogP contribution in [0.1, 0.15) is 30.7 Å². The molecule has 3 N–H and O–H groups in total. The first-order chi connectivity index (χ1) is 12.9. The Labute approximate surface area is 160 Å². The molecule has 0 radical (unpaired) electrons. The van der Waals surface area contributed by atoms with Crippen LogP contribution < -0.4 is 11.1 Å². The first-order valence-corrected chi connectivity index (χ1v) is 9.13. The Morgan fingerprint density at radius 3 is 2.56 bits per heavy atom. The van der Waals surface area contributed by atoms with E-state index in [9.17, 15) is 9.59 Å². The predicted octanol–water partition coefficient (Wildman–Crippen LogP) is 2.02. The molecule has 0 aliphatic heterocycles. The fourth-order valence-corrected chi connectivity index (χ4v) is 2.65. The van der Waals surface area contributed by atoms with Gasteiger partial charge in [0.05, 0.1) is 24.8 Å². The van der Waals surface area contributed by atoms with Crippen molar-refractivity contribution in [2.75, 3.05) is 6.54 Å². The van der Waals surface area contributed by atoms with Gasteiger partial charge in [-0.3, -0.25) is 14.6 Å². The summed E-state index contributed by atoms with van der Waals surface area (Å²) in [5.74, 6) is -0.477. The first kappa shape index (κ1) is 20.6. The quantitative estimate of drug-likeness (QED) is 0.746. The average molecular weight is 368 g/mol. The molecule has 0 spiro atoms. The summed E-state index contributed by atoms with van der Waals surface area (Å²) in [6.45, 7) is 6.50. The molecule has 0 fully saturated rings. The second-order valence-corrected chi connectivity index (χ2v) is 7.05. The van der Waals surface area contributed by atoms with Crippen molar-refractivity contribution < 1.29 is 9.59 Å². The van der Waals surface area contributed by atoms with Crippen molar-refractivity contribution in [1.82, 2.24) is 15.2 Å². The largest absolute Gasteiger partial charge is 0.346 e. The van der Waals surface area contributed by atoms with Gasteiger partial charge in [0, 0.05) is 12.7 Å². The normalized spacial score (nSPS) is 11.9. The molecule has 0 unspecified atom stereocenters. The Morgan fingerprint density at radius 2 is 1.93 bits per heavy atom. The number of carbonyl (C=O) groups is 2. The van der Waals surface area contributed by atoms with E-state index in [-0.39, 0.29) is 24.3 Å². The maximum Gasteiger partial charge on any atom is 0.242 e. The zero-order chi connectivity index (χ0) is 19.8. The summed E-state index contributed by atoms with van der Waals surface area (Å²) >= 11 is 0. The van der Waals surface area contributed by atoms with Crippen LogP contribution in [0.15, 0.2) is 48.7 Å². The van der Waals surface area contributed by atoms with E-state index in [0.717, 1.165) is 16.8 Å². The van der Waals surface area contributed by atoms with Crippen molar-refractivity contribution in [3.63, 3.8) is 0 Å². The number of nitrogens with two attached hydrogens (primary N) is 1. The molecule has 1 aromatic carbocycles. The molecular weight excluding hydrogens is 340 g/mol. The van der Waals surface area contributed by atoms with Gasteiger partial charge in [-0.25, -0.2) is 0 Å². The standard InChI is InChI=1S/C21H28N4O2/c1-15(2)20(22)21(27)24-12-19(26)25(14-18-9-4-5-10-23-18)13-17-8-6-7-16(3)11-17/h4-11,15,20H,12-14,22H2,1-3H3,(H,24,27)/t20-/m0/s1. The van der Waals surface area contributed by atoms with Crippen LogP contribution in [0.4, 0.5) is 0 Å². The van der Waals surface area contributed by atoms with Gasteiger partial charge in [-0.1, -0.05) is 49.7 Å². The van der Waals surface area contributed by atoms with Gasteiger partial charge in [0.15, 0.2) is 0 Å². The molecule has 0 aliphatic carbocycles. The lowest BCUT2D eigenvalue weighted by Gasteiger charge is -2.24. The Hall–Kier alpha value is -2.73. The highest BCUT2D eigenvalue weighted by molar-refractivity contribution is 5.87. The van der Waals surface area contributed by atoms with Crippen LogP contribution in [0.3, 0.4) is 0 Å². The van der Waals surface area contributed by atoms with Crippen LogP contribution >= 0.6 is 0 Å². The lowest BCUT2D eigenvalue weighted by molar-refractivity contribution is -0.134. The Bertz CT molecular complexity index is 762. The molecule has 0 bridgehead atoms. The highest BCUT2D eigenvalue weighted by Gasteiger charge is 2.20. The molecule has 1 heterocycles. The van der Waals surface area contributed by atoms with E-state index in [1.54, 1.807) is 11.1 Å². The van der Waals surface area contributed by atoms with E-state index < -0.39 is 6.04 Å². The summed E-state index contributed by atoms with van der Waals surface area (Å²) in [7, 11) is 0. The summed E-state index contributed by atoms with van der Waals surface area (Å²) in [4.78, 5) is 30.8. The molecule has 2 aromatic rings. The zero-order valence-corrected chi connectivity index (χ0v) is 16.2. The molecule has 1 atom stereocenters. The third kappa shape index (κ3) is 6.49. The van der Waals surface area contributed by atoms with Crippen LogP contribution in [0.5, 0.6) is 0 Å². The molecule has 0 aliphatic rings. The van der Waals surface area contributed by atoms with Gasteiger partial charge in [0.25, 0.3) is 0 Å². The van der Waals surface area contributed by atoms with Crippen molar-refractivity contribution >= 4 is 11.8 Å². The van der Waals surface area contributed by atoms with Crippen molar-refractivity contribution in [3.05, 3.63) is 65.5 Å². The van der Waals surface area contributed by atoms with Gasteiger partial charge in [-0.2, -0.15) is 0 Å². The number of hydrogen-bond acceptors (Lipinski definition) is 4. The number of nitrogens with zero attached hydrogens (tertiary/aromatic N) is 2. The second kappa shape index (κ2) is 9.83. The van der Waals surface area contributed by atoms with Gasteiger partial charge in [-0.15, -0.1) is 0 Å². The number of benzene rings is 1. The predicted molar refractivity (Wildman–Crippen MR) is 105 cm³/mol. The summed E-state index contributed by atoms with van der Waals surface area (Å²) < 4.78 is 0. The van der Waals surface area contributed by atoms with Crippen molar-refractivity contribution in [3.8, 4) is 0 Å². The Kier molecular flexibility index (Phi) is 7.49. The van der Waals surface area contributed by atoms with Crippen LogP contribution in [0.2, 0.25) is 0 Å². The first-order valence-electron chi connectivity index (χ1n) is 9.13. The van der Waals surface area contributed by atoms with Gasteiger partial charge < -0.3 is 16.0 Å². The SMILES string of the molecule is Cc1cccc(CN(Cc2ccccn2)C(=O)CNC(=O)[C@@H](N)C(C)C)c1. The highest BCUT2D eigenvalue weighted by atomic mass is 16.2. The minimum absolute atomic E-state index is 0.0111. The number of carbonyl (C=O) groups excluding carboxylic acids is 2. The van der Waals surface area contributed by atoms with Gasteiger partial charge in [0.2, 0.25) is 11.8 Å². The molecule has 144 valence electrons. The monoisotopic (exact) mass is 368 g/mol. The van der Waals surface area contributed by atoms with Crippen molar-refractivity contribution in [1.29, 1.82) is 0 Å². The Balaban J connectivity index is 2.08. The van der Waals surface area contributed by atoms with Gasteiger partial charge in [0.1, 0.15) is 0 Å². The number of rotatable bonds is 8. The minimum Gasteiger partial charge on any atom is -0.346 e. The molecule has 2 amide bonds. The number of pyridine rings is 1. The summed E-state index contributed by atoms with van der Waals surface area (Å²) in [6, 6.07) is 13.0. The van der Waals surface area contributed by atoms with Crippen molar-refractivity contribution in [2.24, 2.45) is 11.7 Å². The number of aromatic nitrogens is 1. The Morgan fingerprint density at radius 1 is 1.15 bits per heavy atom. The summed E-state index contributed by atoms with van der Waals surface area (Å²) in [5.41, 5.74) is 8.80. The number of amides is 2. The minimum atomic E-state index is -0.626. The summed E-state index contributed by atoms with van der Waals surface area (Å²) in [5, 5.41) is 2.65. The van der Waals surface area contributed by atoms with E-state index in [0.29, 0.717) is 13.1 Å². The lowest BCUT2D eigenvalue weighted by Crippen LogP contribution is -2.47. The second-order valence-electron chi connectivity index (χ2n) is 7.05. The van der Waals surface area contributed by atoms with Crippen molar-refractivity contribution in [2.45, 2.75) is 39.9 Å². The molecule has 1 aromatic heterocycles. The van der Waals surface area contributed by atoms with E-state index in [2.05, 4.69) is 10.3 Å². The molecule has 6 heteroatoms. The third-order valence-electron chi connectivity index (χ3n) is 4.32. The van der Waals surface area contributed by atoms with Crippen LogP contribution in [-0.4, -0.2) is 34.3 Å². The van der Waals surface area contributed by atoms with Gasteiger partial charge in [-0.05, 0) is 30.5 Å². The average Bonchev–Trinajstić information content (AvgIpc) is 2.65. The van der Waals surface area contributed by atoms with Crippen LogP contribution in [0.25, 0.3) is 0 Å². The number of nitrogens with one attached hydrogen (secondary N) is 1. The van der Waals surface area contributed by atoms with E-state index >= 15 is 0 Å². The van der Waals surface area contributed by atoms with Gasteiger partial charge >= 0.3 is 0 Å². The lowest BCUT2D eigenvalue weighted by atomic mass is 10.1. The summed E-state index contributed by atoms with van der Waals surface area (Å²) in [6.07, 6.45) is 1.70. The third-order valence-corrected chi connectivity index (χ3v) is 4.32. The van der Waals surface area contributed by atoms with Crippen LogP contribution in [-0.2, 0) is 22.7 Å². The molecule has 0 saturated carbocycles. The maximum absolute atomic E-state index is 12.8.